The fourth-order valence-corrected chi connectivity index (χ4v) is 3.16. The zero-order chi connectivity index (χ0) is 14.1. The van der Waals surface area contributed by atoms with E-state index in [1.54, 1.807) is 0 Å². The number of para-hydroxylation sites is 2. The molecule has 1 atom stereocenters. The maximum Gasteiger partial charge on any atom is 0.231 e. The second kappa shape index (κ2) is 5.25. The lowest BCUT2D eigenvalue weighted by atomic mass is 9.97. The summed E-state index contributed by atoms with van der Waals surface area (Å²) in [5, 5.41) is 0. The Hall–Kier alpha value is -1.88. The first-order valence-corrected chi connectivity index (χ1v) is 7.07. The van der Waals surface area contributed by atoms with Crippen molar-refractivity contribution in [3.8, 4) is 0 Å². The van der Waals surface area contributed by atoms with Gasteiger partial charge in [-0.1, -0.05) is 12.1 Å². The number of benzene rings is 1. The highest BCUT2D eigenvalue weighted by Crippen LogP contribution is 2.28. The molecule has 106 valence electrons. The van der Waals surface area contributed by atoms with Gasteiger partial charge in [0.1, 0.15) is 5.82 Å². The third-order valence-electron chi connectivity index (χ3n) is 4.07. The lowest BCUT2D eigenvalue weighted by molar-refractivity contribution is -0.119. The van der Waals surface area contributed by atoms with E-state index in [2.05, 4.69) is 22.6 Å². The monoisotopic (exact) mass is 272 g/mol. The number of amides is 1. The molecule has 5 nitrogen and oxygen atoms in total. The minimum atomic E-state index is -0.254. The molecule has 1 unspecified atom stereocenters. The Bertz CT molecular complexity index is 634. The van der Waals surface area contributed by atoms with E-state index in [1.807, 2.05) is 18.2 Å². The number of likely N-dealkylation sites (tertiary alicyclic amines) is 1. The van der Waals surface area contributed by atoms with Crippen LogP contribution in [0.4, 0.5) is 0 Å². The number of aromatic nitrogens is 2. The van der Waals surface area contributed by atoms with E-state index in [0.29, 0.717) is 12.5 Å². The van der Waals surface area contributed by atoms with Crippen molar-refractivity contribution in [1.29, 1.82) is 0 Å². The quantitative estimate of drug-likeness (QED) is 0.914. The van der Waals surface area contributed by atoms with Crippen molar-refractivity contribution in [2.75, 3.05) is 19.6 Å². The molecule has 0 spiro atoms. The normalized spacial score (nSPS) is 20.4. The van der Waals surface area contributed by atoms with E-state index in [-0.39, 0.29) is 5.91 Å². The van der Waals surface area contributed by atoms with Crippen molar-refractivity contribution >= 4 is 16.9 Å². The van der Waals surface area contributed by atoms with Gasteiger partial charge in [0, 0.05) is 19.5 Å². The first-order valence-electron chi connectivity index (χ1n) is 7.07. The molecular weight excluding hydrogens is 252 g/mol. The van der Waals surface area contributed by atoms with Gasteiger partial charge in [0.2, 0.25) is 5.91 Å². The van der Waals surface area contributed by atoms with Crippen LogP contribution in [0.5, 0.6) is 0 Å². The summed E-state index contributed by atoms with van der Waals surface area (Å²) in [6, 6.07) is 8.19. The van der Waals surface area contributed by atoms with Crippen LogP contribution in [-0.2, 0) is 11.8 Å². The Morgan fingerprint density at radius 3 is 3.00 bits per heavy atom. The number of aryl methyl sites for hydroxylation is 1. The molecule has 2 N–H and O–H groups in total. The molecule has 1 aliphatic heterocycles. The number of rotatable bonds is 3. The number of primary amides is 1. The molecule has 2 aromatic rings. The molecular formula is C15H20N4O. The SMILES string of the molecule is Cn1c(C2CCCN(CC(N)=O)C2)nc2ccccc21. The van der Waals surface area contributed by atoms with Crippen LogP contribution in [0.25, 0.3) is 11.0 Å². The van der Waals surface area contributed by atoms with Crippen molar-refractivity contribution in [3.63, 3.8) is 0 Å². The summed E-state index contributed by atoms with van der Waals surface area (Å²) in [5.74, 6) is 1.23. The van der Waals surface area contributed by atoms with Crippen LogP contribution in [0.1, 0.15) is 24.6 Å². The first-order chi connectivity index (χ1) is 9.65. The molecule has 1 fully saturated rings. The second-order valence-electron chi connectivity index (χ2n) is 5.56. The Labute approximate surface area is 118 Å². The molecule has 5 heteroatoms. The van der Waals surface area contributed by atoms with Crippen LogP contribution >= 0.6 is 0 Å². The van der Waals surface area contributed by atoms with Crippen LogP contribution in [-0.4, -0.2) is 40.0 Å². The number of hydrogen-bond donors (Lipinski definition) is 1. The van der Waals surface area contributed by atoms with E-state index in [1.165, 1.54) is 0 Å². The zero-order valence-electron chi connectivity index (χ0n) is 11.7. The number of carbonyl (C=O) groups is 1. The van der Waals surface area contributed by atoms with Crippen molar-refractivity contribution in [1.82, 2.24) is 14.5 Å². The first kappa shape index (κ1) is 13.1. The average Bonchev–Trinajstić information content (AvgIpc) is 2.76. The van der Waals surface area contributed by atoms with E-state index < -0.39 is 0 Å². The summed E-state index contributed by atoms with van der Waals surface area (Å²) >= 11 is 0. The van der Waals surface area contributed by atoms with Crippen LogP contribution in [0.15, 0.2) is 24.3 Å². The highest BCUT2D eigenvalue weighted by atomic mass is 16.1. The van der Waals surface area contributed by atoms with Gasteiger partial charge in [0.05, 0.1) is 17.6 Å². The van der Waals surface area contributed by atoms with Gasteiger partial charge in [-0.05, 0) is 31.5 Å². The van der Waals surface area contributed by atoms with E-state index >= 15 is 0 Å². The minimum Gasteiger partial charge on any atom is -0.369 e. The number of carbonyl (C=O) groups excluding carboxylic acids is 1. The van der Waals surface area contributed by atoms with Crippen molar-refractivity contribution in [2.45, 2.75) is 18.8 Å². The van der Waals surface area contributed by atoms with Crippen molar-refractivity contribution < 1.29 is 4.79 Å². The van der Waals surface area contributed by atoms with Gasteiger partial charge < -0.3 is 10.3 Å². The van der Waals surface area contributed by atoms with E-state index in [0.717, 1.165) is 42.8 Å². The topological polar surface area (TPSA) is 64.2 Å². The Morgan fingerprint density at radius 1 is 1.45 bits per heavy atom. The minimum absolute atomic E-state index is 0.254. The molecule has 0 bridgehead atoms. The molecule has 2 heterocycles. The zero-order valence-corrected chi connectivity index (χ0v) is 11.7. The van der Waals surface area contributed by atoms with Gasteiger partial charge in [0.15, 0.2) is 0 Å². The smallest absolute Gasteiger partial charge is 0.231 e. The summed E-state index contributed by atoms with van der Waals surface area (Å²) in [6.45, 7) is 2.16. The van der Waals surface area contributed by atoms with Crippen LogP contribution in [0.2, 0.25) is 0 Å². The molecule has 1 aliphatic rings. The maximum absolute atomic E-state index is 11.1. The maximum atomic E-state index is 11.1. The van der Waals surface area contributed by atoms with Gasteiger partial charge in [-0.2, -0.15) is 0 Å². The lowest BCUT2D eigenvalue weighted by Gasteiger charge is -2.31. The van der Waals surface area contributed by atoms with Gasteiger partial charge >= 0.3 is 0 Å². The van der Waals surface area contributed by atoms with Gasteiger partial charge in [-0.3, -0.25) is 9.69 Å². The van der Waals surface area contributed by atoms with Gasteiger partial charge in [-0.25, -0.2) is 4.98 Å². The summed E-state index contributed by atoms with van der Waals surface area (Å²) < 4.78 is 2.17. The molecule has 20 heavy (non-hydrogen) atoms. The molecule has 0 aliphatic carbocycles. The molecule has 0 saturated carbocycles. The fourth-order valence-electron chi connectivity index (χ4n) is 3.16. The number of nitrogens with zero attached hydrogens (tertiary/aromatic N) is 3. The standard InChI is InChI=1S/C15H20N4O/c1-18-13-7-3-2-6-12(13)17-15(18)11-5-4-8-19(9-11)10-14(16)20/h2-3,6-7,11H,4-5,8-10H2,1H3,(H2,16,20). The summed E-state index contributed by atoms with van der Waals surface area (Å²) in [7, 11) is 2.07. The number of piperidine rings is 1. The van der Waals surface area contributed by atoms with Crippen LogP contribution < -0.4 is 5.73 Å². The second-order valence-corrected chi connectivity index (χ2v) is 5.56. The predicted molar refractivity (Wildman–Crippen MR) is 78.3 cm³/mol. The van der Waals surface area contributed by atoms with Crippen molar-refractivity contribution in [2.24, 2.45) is 12.8 Å². The number of nitrogens with two attached hydrogens (primary N) is 1. The number of fused-ring (bicyclic) bond motifs is 1. The lowest BCUT2D eigenvalue weighted by Crippen LogP contribution is -2.40. The van der Waals surface area contributed by atoms with E-state index in [4.69, 9.17) is 10.7 Å². The predicted octanol–water partition coefficient (Wildman–Crippen LogP) is 1.24. The molecule has 1 saturated heterocycles. The third kappa shape index (κ3) is 2.41. The van der Waals surface area contributed by atoms with Crippen molar-refractivity contribution in [3.05, 3.63) is 30.1 Å². The van der Waals surface area contributed by atoms with Crippen LogP contribution in [0.3, 0.4) is 0 Å². The summed E-state index contributed by atoms with van der Waals surface area (Å²) in [4.78, 5) is 18.0. The molecule has 0 radical (unpaired) electrons. The largest absolute Gasteiger partial charge is 0.369 e. The van der Waals surface area contributed by atoms with Gasteiger partial charge in [0.25, 0.3) is 0 Å². The van der Waals surface area contributed by atoms with E-state index in [9.17, 15) is 4.79 Å². The highest BCUT2D eigenvalue weighted by molar-refractivity contribution is 5.76. The highest BCUT2D eigenvalue weighted by Gasteiger charge is 2.25. The Kier molecular flexibility index (Phi) is 3.44. The van der Waals surface area contributed by atoms with Crippen LogP contribution in [0, 0.1) is 0 Å². The molecule has 3 rings (SSSR count). The fraction of sp³-hybridized carbons (Fsp3) is 0.467. The summed E-state index contributed by atoms with van der Waals surface area (Å²) in [5.41, 5.74) is 7.50. The molecule has 1 aromatic carbocycles. The third-order valence-corrected chi connectivity index (χ3v) is 4.07. The Morgan fingerprint density at radius 2 is 2.25 bits per heavy atom. The number of hydrogen-bond acceptors (Lipinski definition) is 3. The Balaban J connectivity index is 1.86. The molecule has 1 amide bonds. The summed E-state index contributed by atoms with van der Waals surface area (Å²) in [6.07, 6.45) is 2.20. The average molecular weight is 272 g/mol. The van der Waals surface area contributed by atoms with Gasteiger partial charge in [-0.15, -0.1) is 0 Å². The molecule has 1 aromatic heterocycles. The number of imidazole rings is 1.